The normalized spacial score (nSPS) is 23.8. The zero-order valence-electron chi connectivity index (χ0n) is 10.3. The van der Waals surface area contributed by atoms with Gasteiger partial charge in [0, 0.05) is 12.7 Å². The van der Waals surface area contributed by atoms with E-state index >= 15 is 0 Å². The first kappa shape index (κ1) is 12.3. The fourth-order valence-electron chi connectivity index (χ4n) is 1.98. The number of hydrogen-bond acceptors (Lipinski definition) is 4. The molecule has 0 aliphatic carbocycles. The fourth-order valence-corrected chi connectivity index (χ4v) is 1.98. The third kappa shape index (κ3) is 3.98. The second-order valence-corrected chi connectivity index (χ2v) is 4.26. The first-order valence-corrected chi connectivity index (χ1v) is 6.27. The van der Waals surface area contributed by atoms with Crippen LogP contribution in [0.3, 0.4) is 0 Å². The number of hydrogen-bond donors (Lipinski definition) is 1. The molecule has 17 heavy (non-hydrogen) atoms. The minimum absolute atomic E-state index is 0.221. The van der Waals surface area contributed by atoms with E-state index in [0.29, 0.717) is 12.7 Å². The molecule has 2 heterocycles. The van der Waals surface area contributed by atoms with Crippen molar-refractivity contribution in [3.63, 3.8) is 0 Å². The van der Waals surface area contributed by atoms with E-state index in [0.717, 1.165) is 31.7 Å². The Kier molecular flexibility index (Phi) is 4.76. The predicted octanol–water partition coefficient (Wildman–Crippen LogP) is 1.62. The van der Waals surface area contributed by atoms with Crippen molar-refractivity contribution in [1.82, 2.24) is 10.3 Å². The molecule has 1 aromatic heterocycles. The number of nitrogens with zero attached hydrogens (tertiary/aromatic N) is 1. The molecule has 94 valence electrons. The van der Waals surface area contributed by atoms with Crippen molar-refractivity contribution >= 4 is 0 Å². The Morgan fingerprint density at radius 1 is 1.47 bits per heavy atom. The van der Waals surface area contributed by atoms with Crippen LogP contribution in [0.15, 0.2) is 24.5 Å². The molecule has 0 amide bonds. The Morgan fingerprint density at radius 2 is 2.35 bits per heavy atom. The molecule has 1 fully saturated rings. The summed E-state index contributed by atoms with van der Waals surface area (Å²) in [6.45, 7) is 4.67. The van der Waals surface area contributed by atoms with E-state index in [2.05, 4.69) is 17.2 Å². The molecule has 1 aliphatic heterocycles. The van der Waals surface area contributed by atoms with E-state index in [1.807, 2.05) is 12.1 Å². The fraction of sp³-hybridized carbons (Fsp3) is 0.615. The van der Waals surface area contributed by atoms with E-state index < -0.39 is 0 Å². The largest absolute Gasteiger partial charge is 0.489 e. The van der Waals surface area contributed by atoms with Gasteiger partial charge in [0.2, 0.25) is 0 Å². The highest BCUT2D eigenvalue weighted by Crippen LogP contribution is 2.20. The highest BCUT2D eigenvalue weighted by Gasteiger charge is 2.25. The van der Waals surface area contributed by atoms with Gasteiger partial charge < -0.3 is 14.8 Å². The van der Waals surface area contributed by atoms with Crippen LogP contribution < -0.4 is 10.1 Å². The van der Waals surface area contributed by atoms with Crippen LogP contribution in [0.2, 0.25) is 0 Å². The highest BCUT2D eigenvalue weighted by molar-refractivity contribution is 5.15. The summed E-state index contributed by atoms with van der Waals surface area (Å²) < 4.78 is 11.5. The van der Waals surface area contributed by atoms with Crippen molar-refractivity contribution in [2.45, 2.75) is 32.0 Å². The van der Waals surface area contributed by atoms with Gasteiger partial charge in [-0.2, -0.15) is 0 Å². The van der Waals surface area contributed by atoms with Gasteiger partial charge >= 0.3 is 0 Å². The molecule has 0 bridgehead atoms. The van der Waals surface area contributed by atoms with E-state index in [9.17, 15) is 0 Å². The SMILES string of the molecule is CCNCC1CCC(COc2cccnc2)O1. The zero-order valence-corrected chi connectivity index (χ0v) is 10.3. The van der Waals surface area contributed by atoms with E-state index in [1.165, 1.54) is 0 Å². The van der Waals surface area contributed by atoms with Gasteiger partial charge in [0.05, 0.1) is 18.4 Å². The maximum Gasteiger partial charge on any atom is 0.137 e. The van der Waals surface area contributed by atoms with Gasteiger partial charge in [-0.3, -0.25) is 4.98 Å². The summed E-state index contributed by atoms with van der Waals surface area (Å²) in [6, 6.07) is 3.79. The number of nitrogens with one attached hydrogen (secondary N) is 1. The van der Waals surface area contributed by atoms with E-state index in [-0.39, 0.29) is 6.10 Å². The van der Waals surface area contributed by atoms with Crippen molar-refractivity contribution in [2.75, 3.05) is 19.7 Å². The molecule has 2 unspecified atom stereocenters. The summed E-state index contributed by atoms with van der Waals surface area (Å²) >= 11 is 0. The third-order valence-corrected chi connectivity index (χ3v) is 2.89. The Bertz CT molecular complexity index is 318. The van der Waals surface area contributed by atoms with Gasteiger partial charge in [-0.25, -0.2) is 0 Å². The molecular weight excluding hydrogens is 216 g/mol. The molecule has 2 atom stereocenters. The van der Waals surface area contributed by atoms with Crippen LogP contribution in [0.5, 0.6) is 5.75 Å². The minimum Gasteiger partial charge on any atom is -0.489 e. The topological polar surface area (TPSA) is 43.4 Å². The average molecular weight is 236 g/mol. The summed E-state index contributed by atoms with van der Waals surface area (Å²) in [5.41, 5.74) is 0. The summed E-state index contributed by atoms with van der Waals surface area (Å²) in [4.78, 5) is 4.01. The molecule has 2 rings (SSSR count). The lowest BCUT2D eigenvalue weighted by Crippen LogP contribution is -2.28. The molecule has 1 N–H and O–H groups in total. The molecule has 0 saturated carbocycles. The molecule has 0 spiro atoms. The Hall–Kier alpha value is -1.13. The number of aromatic nitrogens is 1. The molecule has 0 radical (unpaired) electrons. The zero-order chi connectivity index (χ0) is 11.9. The monoisotopic (exact) mass is 236 g/mol. The van der Waals surface area contributed by atoms with Crippen molar-refractivity contribution in [1.29, 1.82) is 0 Å². The van der Waals surface area contributed by atoms with Crippen molar-refractivity contribution in [2.24, 2.45) is 0 Å². The lowest BCUT2D eigenvalue weighted by atomic mass is 10.2. The van der Waals surface area contributed by atoms with Crippen LogP contribution in [0.4, 0.5) is 0 Å². The quantitative estimate of drug-likeness (QED) is 0.815. The Morgan fingerprint density at radius 3 is 3.12 bits per heavy atom. The standard InChI is InChI=1S/C13H20N2O2/c1-2-14-9-12-5-6-13(17-12)10-16-11-4-3-7-15-8-11/h3-4,7-8,12-14H,2,5-6,9-10H2,1H3. The highest BCUT2D eigenvalue weighted by atomic mass is 16.5. The summed E-state index contributed by atoms with van der Waals surface area (Å²) in [5.74, 6) is 0.811. The predicted molar refractivity (Wildman–Crippen MR) is 66.2 cm³/mol. The number of ether oxygens (including phenoxy) is 2. The van der Waals surface area contributed by atoms with Crippen LogP contribution in [-0.4, -0.2) is 36.9 Å². The van der Waals surface area contributed by atoms with Gasteiger partial charge in [0.25, 0.3) is 0 Å². The van der Waals surface area contributed by atoms with Crippen LogP contribution in [0.25, 0.3) is 0 Å². The summed E-state index contributed by atoms with van der Waals surface area (Å²) in [6.07, 6.45) is 6.23. The van der Waals surface area contributed by atoms with Crippen molar-refractivity contribution in [3.05, 3.63) is 24.5 Å². The number of pyridine rings is 1. The smallest absolute Gasteiger partial charge is 0.137 e. The van der Waals surface area contributed by atoms with Gasteiger partial charge in [-0.15, -0.1) is 0 Å². The first-order valence-electron chi connectivity index (χ1n) is 6.27. The van der Waals surface area contributed by atoms with Crippen LogP contribution in [0, 0.1) is 0 Å². The van der Waals surface area contributed by atoms with Crippen LogP contribution in [0.1, 0.15) is 19.8 Å². The summed E-state index contributed by atoms with van der Waals surface area (Å²) in [7, 11) is 0. The first-order chi connectivity index (χ1) is 8.38. The summed E-state index contributed by atoms with van der Waals surface area (Å²) in [5, 5.41) is 3.31. The molecule has 1 aromatic rings. The maximum atomic E-state index is 5.88. The molecule has 4 nitrogen and oxygen atoms in total. The number of likely N-dealkylation sites (N-methyl/N-ethyl adjacent to an activating group) is 1. The Labute approximate surface area is 102 Å². The Balaban J connectivity index is 1.68. The van der Waals surface area contributed by atoms with E-state index in [4.69, 9.17) is 9.47 Å². The van der Waals surface area contributed by atoms with Gasteiger partial charge in [0.1, 0.15) is 12.4 Å². The molecule has 1 saturated heterocycles. The van der Waals surface area contributed by atoms with E-state index in [1.54, 1.807) is 12.4 Å². The number of rotatable bonds is 6. The second-order valence-electron chi connectivity index (χ2n) is 4.26. The van der Waals surface area contributed by atoms with Crippen LogP contribution in [-0.2, 0) is 4.74 Å². The van der Waals surface area contributed by atoms with Crippen molar-refractivity contribution < 1.29 is 9.47 Å². The second kappa shape index (κ2) is 6.57. The van der Waals surface area contributed by atoms with Crippen LogP contribution >= 0.6 is 0 Å². The molecule has 4 heteroatoms. The molecule has 0 aromatic carbocycles. The lowest BCUT2D eigenvalue weighted by molar-refractivity contribution is 0.0187. The lowest BCUT2D eigenvalue weighted by Gasteiger charge is -2.14. The minimum atomic E-state index is 0.221. The third-order valence-electron chi connectivity index (χ3n) is 2.89. The maximum absolute atomic E-state index is 5.88. The van der Waals surface area contributed by atoms with Gasteiger partial charge in [0.15, 0.2) is 0 Å². The van der Waals surface area contributed by atoms with Gasteiger partial charge in [-0.1, -0.05) is 6.92 Å². The molecular formula is C13H20N2O2. The van der Waals surface area contributed by atoms with Gasteiger partial charge in [-0.05, 0) is 31.5 Å². The molecule has 1 aliphatic rings. The van der Waals surface area contributed by atoms with Crippen molar-refractivity contribution in [3.8, 4) is 5.75 Å². The average Bonchev–Trinajstić information content (AvgIpc) is 2.83.